The molecule has 0 amide bonds. The van der Waals surface area contributed by atoms with E-state index in [0.717, 1.165) is 63.8 Å². The molecule has 0 fully saturated rings. The monoisotopic (exact) mass is 767 g/mol. The molecule has 12 rings (SSSR count). The lowest BCUT2D eigenvalue weighted by Crippen LogP contribution is -2.41. The highest BCUT2D eigenvalue weighted by atomic mass is 15.1. The topological polar surface area (TPSA) is 48.5 Å². The smallest absolute Gasteiger partial charge is 0.164 e. The second-order valence-electron chi connectivity index (χ2n) is 15.9. The summed E-state index contributed by atoms with van der Waals surface area (Å²) in [6.07, 6.45) is 17.5. The Balaban J connectivity index is 1.02. The number of nitrogens with zero attached hydrogens (tertiary/aromatic N) is 5. The van der Waals surface area contributed by atoms with Crippen LogP contribution in [0, 0.1) is 30.2 Å². The molecule has 5 nitrogen and oxygen atoms in total. The Morgan fingerprint density at radius 2 is 1.38 bits per heavy atom. The van der Waals surface area contributed by atoms with E-state index in [1.54, 1.807) is 0 Å². The van der Waals surface area contributed by atoms with E-state index in [9.17, 15) is 0 Å². The second kappa shape index (κ2) is 13.4. The van der Waals surface area contributed by atoms with Gasteiger partial charge in [-0.3, -0.25) is 0 Å². The zero-order valence-corrected chi connectivity index (χ0v) is 33.0. The van der Waals surface area contributed by atoms with Crippen LogP contribution < -0.4 is 0 Å². The Morgan fingerprint density at radius 3 is 2.23 bits per heavy atom. The summed E-state index contributed by atoms with van der Waals surface area (Å²) >= 11 is 0. The van der Waals surface area contributed by atoms with Crippen molar-refractivity contribution in [3.63, 3.8) is 0 Å². The van der Waals surface area contributed by atoms with Crippen LogP contribution in [-0.4, -0.2) is 24.1 Å². The van der Waals surface area contributed by atoms with Gasteiger partial charge in [-0.05, 0) is 90.6 Å². The molecule has 0 saturated heterocycles. The van der Waals surface area contributed by atoms with E-state index in [-0.39, 0.29) is 5.41 Å². The van der Waals surface area contributed by atoms with Crippen LogP contribution in [0.1, 0.15) is 31.9 Å². The summed E-state index contributed by atoms with van der Waals surface area (Å²) in [5.74, 6) is 2.16. The van der Waals surface area contributed by atoms with Crippen molar-refractivity contribution in [1.82, 2.24) is 24.1 Å². The lowest BCUT2D eigenvalue weighted by atomic mass is 9.62. The second-order valence-corrected chi connectivity index (χ2v) is 15.9. The third-order valence-corrected chi connectivity index (χ3v) is 12.8. The van der Waals surface area contributed by atoms with E-state index in [2.05, 4.69) is 156 Å². The fraction of sp³-hybridized carbons (Fsp3) is 0.109. The van der Waals surface area contributed by atoms with E-state index in [1.807, 2.05) is 48.5 Å². The Kier molecular flexibility index (Phi) is 7.67. The fourth-order valence-corrected chi connectivity index (χ4v) is 10.0. The molecule has 0 N–H and O–H groups in total. The van der Waals surface area contributed by atoms with Gasteiger partial charge in [-0.1, -0.05) is 134 Å². The number of aromatic nitrogens is 5. The first-order valence-electron chi connectivity index (χ1n) is 20.8. The van der Waals surface area contributed by atoms with Crippen molar-refractivity contribution in [2.24, 2.45) is 5.92 Å². The molecule has 0 spiro atoms. The maximum Gasteiger partial charge on any atom is 0.164 e. The minimum Gasteiger partial charge on any atom is -0.312 e. The van der Waals surface area contributed by atoms with Crippen molar-refractivity contribution >= 4 is 38.4 Å². The van der Waals surface area contributed by atoms with Gasteiger partial charge in [0.2, 0.25) is 0 Å². The van der Waals surface area contributed by atoms with Crippen LogP contribution in [0.3, 0.4) is 0 Å². The predicted octanol–water partition coefficient (Wildman–Crippen LogP) is 12.8. The van der Waals surface area contributed by atoms with Crippen LogP contribution >= 0.6 is 0 Å². The molecule has 0 radical (unpaired) electrons. The maximum atomic E-state index is 5.00. The summed E-state index contributed by atoms with van der Waals surface area (Å²) < 4.78 is 5.01. The van der Waals surface area contributed by atoms with Crippen LogP contribution in [-0.2, 0) is 5.41 Å². The van der Waals surface area contributed by atoms with E-state index < -0.39 is 0 Å². The predicted molar refractivity (Wildman–Crippen MR) is 242 cm³/mol. The Morgan fingerprint density at radius 1 is 0.633 bits per heavy atom. The molecule has 1 aliphatic heterocycles. The first-order valence-corrected chi connectivity index (χ1v) is 20.8. The maximum absolute atomic E-state index is 5.00. The number of benzene rings is 4. The number of hydrogen-bond donors (Lipinski definition) is 0. The van der Waals surface area contributed by atoms with Crippen LogP contribution in [0.25, 0.3) is 89.4 Å². The van der Waals surface area contributed by atoms with E-state index >= 15 is 0 Å². The molecule has 0 bridgehead atoms. The summed E-state index contributed by atoms with van der Waals surface area (Å²) in [6, 6.07) is 57.0. The molecule has 0 saturated carbocycles. The lowest BCUT2D eigenvalue weighted by Gasteiger charge is -2.46. The highest BCUT2D eigenvalue weighted by Crippen LogP contribution is 2.55. The first kappa shape index (κ1) is 34.3. The summed E-state index contributed by atoms with van der Waals surface area (Å²) in [5, 5.41) is 3.67. The van der Waals surface area contributed by atoms with Gasteiger partial charge in [0.15, 0.2) is 17.5 Å². The van der Waals surface area contributed by atoms with Crippen molar-refractivity contribution in [2.45, 2.75) is 31.6 Å². The number of hydrogen-bond acceptors (Lipinski definition) is 3. The van der Waals surface area contributed by atoms with Crippen molar-refractivity contribution in [2.75, 3.05) is 0 Å². The van der Waals surface area contributed by atoms with Crippen molar-refractivity contribution in [3.8, 4) is 51.0 Å². The largest absolute Gasteiger partial charge is 0.312 e. The van der Waals surface area contributed by atoms with Gasteiger partial charge in [0.1, 0.15) is 0 Å². The third kappa shape index (κ3) is 5.13. The van der Waals surface area contributed by atoms with Gasteiger partial charge in [-0.25, -0.2) is 15.0 Å². The SMILES string of the molecule is CCC12C=CC=CC1C1=CCCC=C1n1c2cc2ccc3c(c4cc#ccc4n3-c3cccc(-c4cccc(-c5nc(-c6cc#ccc6)nc(-c6ccccc6)n5)c4)c3)c21. The molecule has 6 aromatic carbocycles. The molecular weight excluding hydrogens is 731 g/mol. The van der Waals surface area contributed by atoms with Crippen molar-refractivity contribution < 1.29 is 0 Å². The zero-order valence-electron chi connectivity index (χ0n) is 33.0. The van der Waals surface area contributed by atoms with Crippen LogP contribution in [0.15, 0.2) is 169 Å². The molecule has 282 valence electrons. The molecule has 2 aliphatic carbocycles. The zero-order chi connectivity index (χ0) is 39.8. The Hall–Kier alpha value is -7.73. The molecule has 3 aromatic heterocycles. The van der Waals surface area contributed by atoms with Gasteiger partial charge in [0, 0.05) is 67.3 Å². The molecule has 5 heteroatoms. The third-order valence-electron chi connectivity index (χ3n) is 12.8. The van der Waals surface area contributed by atoms with Gasteiger partial charge in [-0.15, -0.1) is 0 Å². The molecular formula is C55H37N5. The summed E-state index contributed by atoms with van der Waals surface area (Å²) in [4.78, 5) is 14.9. The van der Waals surface area contributed by atoms with E-state index in [0.29, 0.717) is 23.4 Å². The van der Waals surface area contributed by atoms with Gasteiger partial charge in [0.25, 0.3) is 0 Å². The van der Waals surface area contributed by atoms with Gasteiger partial charge in [0.05, 0.1) is 16.6 Å². The van der Waals surface area contributed by atoms with E-state index in [1.165, 1.54) is 38.6 Å². The Labute approximate surface area is 349 Å². The van der Waals surface area contributed by atoms with Gasteiger partial charge < -0.3 is 9.13 Å². The molecule has 9 aromatic rings. The minimum atomic E-state index is -0.105. The normalized spacial score (nSPS) is 17.7. The van der Waals surface area contributed by atoms with Crippen molar-refractivity contribution in [1.29, 1.82) is 0 Å². The highest BCUT2D eigenvalue weighted by Gasteiger charge is 2.46. The molecule has 2 atom stereocenters. The van der Waals surface area contributed by atoms with Crippen LogP contribution in [0.5, 0.6) is 0 Å². The Bertz CT molecular complexity index is 3250. The van der Waals surface area contributed by atoms with Crippen molar-refractivity contribution in [3.05, 3.63) is 199 Å². The minimum absolute atomic E-state index is 0.105. The highest BCUT2D eigenvalue weighted by molar-refractivity contribution is 6.21. The number of fused-ring (bicyclic) bond motifs is 12. The number of allylic oxidation sites excluding steroid dienone is 8. The molecule has 60 heavy (non-hydrogen) atoms. The molecule has 2 unspecified atom stereocenters. The van der Waals surface area contributed by atoms with Gasteiger partial charge in [-0.2, -0.15) is 0 Å². The quantitative estimate of drug-likeness (QED) is 0.169. The van der Waals surface area contributed by atoms with Gasteiger partial charge >= 0.3 is 0 Å². The standard InChI is InChI=1S/C55H37N5/c1-2-55-32-14-13-27-45(55)43-25-9-11-28-46(43)60-49(55)35-40-30-31-48-50(51(40)60)44-26-10-12-29-47(44)59(48)42-24-16-22-39(34-42)38-21-15-23-41(33-38)54-57-52(36-17-5-3-6-18-36)56-53(58-54)37-19-7-4-8-20-37/h3,5-7,13-35,45H,2,9,11H2,1H3. The molecule has 3 aliphatic rings. The first-order chi connectivity index (χ1) is 29.7. The molecule has 4 heterocycles. The lowest BCUT2D eigenvalue weighted by molar-refractivity contribution is 0.394. The average molecular weight is 768 g/mol. The van der Waals surface area contributed by atoms with E-state index in [4.69, 9.17) is 15.0 Å². The average Bonchev–Trinajstić information content (AvgIpc) is 3.89. The van der Waals surface area contributed by atoms with Crippen LogP contribution in [0.2, 0.25) is 0 Å². The number of rotatable bonds is 6. The fourth-order valence-electron chi connectivity index (χ4n) is 10.0. The summed E-state index contributed by atoms with van der Waals surface area (Å²) in [7, 11) is 0. The summed E-state index contributed by atoms with van der Waals surface area (Å²) in [5.41, 5.74) is 13.5. The summed E-state index contributed by atoms with van der Waals surface area (Å²) in [6.45, 7) is 2.34. The van der Waals surface area contributed by atoms with Crippen LogP contribution in [0.4, 0.5) is 0 Å².